The number of halogens is 1. The van der Waals surface area contributed by atoms with E-state index in [4.69, 9.17) is 17.3 Å². The molecular weight excluding hydrogens is 300 g/mol. The maximum absolute atomic E-state index is 6.33. The van der Waals surface area contributed by atoms with Crippen molar-refractivity contribution in [3.8, 4) is 0 Å². The normalized spacial score (nSPS) is 17.9. The van der Waals surface area contributed by atoms with E-state index in [9.17, 15) is 0 Å². The van der Waals surface area contributed by atoms with Crippen LogP contribution in [0.2, 0.25) is 5.02 Å². The Labute approximate surface area is 135 Å². The summed E-state index contributed by atoms with van der Waals surface area (Å²) in [5.41, 5.74) is 7.56. The number of thiophene rings is 1. The van der Waals surface area contributed by atoms with Gasteiger partial charge >= 0.3 is 0 Å². The van der Waals surface area contributed by atoms with Gasteiger partial charge in [-0.15, -0.1) is 11.3 Å². The van der Waals surface area contributed by atoms with Crippen LogP contribution in [0.25, 0.3) is 0 Å². The molecule has 2 atom stereocenters. The molecule has 1 fully saturated rings. The topological polar surface area (TPSA) is 29.3 Å². The summed E-state index contributed by atoms with van der Waals surface area (Å²) >= 11 is 7.99. The molecule has 0 saturated heterocycles. The second-order valence-corrected chi connectivity index (χ2v) is 7.31. The lowest BCUT2D eigenvalue weighted by molar-refractivity contribution is 0.159. The monoisotopic (exact) mass is 320 g/mol. The molecule has 0 aliphatic heterocycles. The lowest BCUT2D eigenvalue weighted by Crippen LogP contribution is -2.40. The molecule has 2 unspecified atom stereocenters. The maximum Gasteiger partial charge on any atom is 0.0503 e. The molecule has 2 nitrogen and oxygen atoms in total. The number of benzene rings is 1. The van der Waals surface area contributed by atoms with Gasteiger partial charge in [0.2, 0.25) is 0 Å². The van der Waals surface area contributed by atoms with Crippen LogP contribution < -0.4 is 5.73 Å². The van der Waals surface area contributed by atoms with E-state index in [1.807, 2.05) is 23.5 Å². The van der Waals surface area contributed by atoms with Gasteiger partial charge in [0, 0.05) is 28.5 Å². The molecule has 1 aliphatic carbocycles. The van der Waals surface area contributed by atoms with Crippen LogP contribution in [0.4, 0.5) is 0 Å². The Morgan fingerprint density at radius 3 is 2.71 bits per heavy atom. The highest BCUT2D eigenvalue weighted by atomic mass is 35.5. The molecular formula is C17H21ClN2S. The van der Waals surface area contributed by atoms with Crippen LogP contribution in [0.15, 0.2) is 41.8 Å². The second-order valence-electron chi connectivity index (χ2n) is 5.84. The van der Waals surface area contributed by atoms with Gasteiger partial charge in [-0.1, -0.05) is 29.8 Å². The molecule has 1 aromatic carbocycles. The quantitative estimate of drug-likeness (QED) is 0.851. The average Bonchev–Trinajstić information content (AvgIpc) is 3.16. The standard InChI is InChI=1S/C17H21ClN2S/c1-12(19)17(13-4-2-5-14(18)10-13)20(15-7-8-15)11-16-6-3-9-21-16/h2-6,9-10,12,15,17H,7-8,11,19H2,1H3. The van der Waals surface area contributed by atoms with Crippen molar-refractivity contribution in [2.75, 3.05) is 0 Å². The van der Waals surface area contributed by atoms with Gasteiger partial charge < -0.3 is 5.73 Å². The Morgan fingerprint density at radius 1 is 1.33 bits per heavy atom. The Balaban J connectivity index is 1.89. The summed E-state index contributed by atoms with van der Waals surface area (Å²) in [5.74, 6) is 0. The number of nitrogens with two attached hydrogens (primary N) is 1. The largest absolute Gasteiger partial charge is 0.326 e. The zero-order valence-corrected chi connectivity index (χ0v) is 13.8. The SMILES string of the molecule is CC(N)C(c1cccc(Cl)c1)N(Cc1cccs1)C1CC1. The van der Waals surface area contributed by atoms with Crippen molar-refractivity contribution >= 4 is 22.9 Å². The molecule has 2 N–H and O–H groups in total. The van der Waals surface area contributed by atoms with E-state index < -0.39 is 0 Å². The van der Waals surface area contributed by atoms with Crippen LogP contribution in [0, 0.1) is 0 Å². The second kappa shape index (κ2) is 6.49. The Bertz CT molecular complexity index is 578. The third kappa shape index (κ3) is 3.67. The molecule has 0 bridgehead atoms. The predicted molar refractivity (Wildman–Crippen MR) is 90.7 cm³/mol. The molecule has 2 aromatic rings. The summed E-state index contributed by atoms with van der Waals surface area (Å²) in [4.78, 5) is 3.96. The van der Waals surface area contributed by atoms with Gasteiger partial charge in [0.1, 0.15) is 0 Å². The maximum atomic E-state index is 6.33. The minimum Gasteiger partial charge on any atom is -0.326 e. The van der Waals surface area contributed by atoms with Crippen LogP contribution in [-0.4, -0.2) is 17.0 Å². The first-order valence-corrected chi connectivity index (χ1v) is 8.70. The number of hydrogen-bond donors (Lipinski definition) is 1. The van der Waals surface area contributed by atoms with Crippen molar-refractivity contribution in [1.82, 2.24) is 4.90 Å². The van der Waals surface area contributed by atoms with Crippen LogP contribution in [-0.2, 0) is 6.54 Å². The Hall–Kier alpha value is -0.870. The van der Waals surface area contributed by atoms with Crippen molar-refractivity contribution in [1.29, 1.82) is 0 Å². The lowest BCUT2D eigenvalue weighted by atomic mass is 9.98. The van der Waals surface area contributed by atoms with Crippen molar-refractivity contribution in [3.63, 3.8) is 0 Å². The fourth-order valence-corrected chi connectivity index (χ4v) is 3.84. The lowest BCUT2D eigenvalue weighted by Gasteiger charge is -2.34. The summed E-state index contributed by atoms with van der Waals surface area (Å²) in [6.07, 6.45) is 2.55. The van der Waals surface area contributed by atoms with E-state index >= 15 is 0 Å². The minimum atomic E-state index is 0.0732. The van der Waals surface area contributed by atoms with Crippen LogP contribution in [0.3, 0.4) is 0 Å². The van der Waals surface area contributed by atoms with Crippen molar-refractivity contribution < 1.29 is 0 Å². The third-order valence-electron chi connectivity index (χ3n) is 3.98. The van der Waals surface area contributed by atoms with Crippen LogP contribution >= 0.6 is 22.9 Å². The Morgan fingerprint density at radius 2 is 2.14 bits per heavy atom. The smallest absolute Gasteiger partial charge is 0.0503 e. The summed E-state index contributed by atoms with van der Waals surface area (Å²) in [6.45, 7) is 3.07. The Kier molecular flexibility index (Phi) is 4.65. The van der Waals surface area contributed by atoms with E-state index in [-0.39, 0.29) is 12.1 Å². The molecule has 1 heterocycles. The van der Waals surface area contributed by atoms with Gasteiger partial charge in [-0.3, -0.25) is 4.90 Å². The molecule has 21 heavy (non-hydrogen) atoms. The van der Waals surface area contributed by atoms with Crippen molar-refractivity contribution in [2.24, 2.45) is 5.73 Å². The first-order chi connectivity index (χ1) is 10.1. The van der Waals surface area contributed by atoms with Gasteiger partial charge in [0.25, 0.3) is 0 Å². The molecule has 0 spiro atoms. The van der Waals surface area contributed by atoms with E-state index in [1.165, 1.54) is 23.3 Å². The van der Waals surface area contributed by atoms with Crippen LogP contribution in [0.1, 0.15) is 36.2 Å². The highest BCUT2D eigenvalue weighted by Gasteiger charge is 2.36. The number of rotatable bonds is 6. The van der Waals surface area contributed by atoms with Gasteiger partial charge in [-0.05, 0) is 48.9 Å². The summed E-state index contributed by atoms with van der Waals surface area (Å²) in [7, 11) is 0. The molecule has 3 rings (SSSR count). The van der Waals surface area contributed by atoms with E-state index in [0.717, 1.165) is 11.6 Å². The molecule has 4 heteroatoms. The summed E-state index contributed by atoms with van der Waals surface area (Å²) in [5, 5.41) is 2.92. The molecule has 1 aliphatic rings. The number of nitrogens with zero attached hydrogens (tertiary/aromatic N) is 1. The van der Waals surface area contributed by atoms with Gasteiger partial charge in [-0.2, -0.15) is 0 Å². The van der Waals surface area contributed by atoms with E-state index in [1.54, 1.807) is 0 Å². The summed E-state index contributed by atoms with van der Waals surface area (Å²) in [6, 6.07) is 13.4. The van der Waals surface area contributed by atoms with E-state index in [2.05, 4.69) is 41.5 Å². The molecule has 1 saturated carbocycles. The van der Waals surface area contributed by atoms with Crippen molar-refractivity contribution in [2.45, 2.75) is 44.4 Å². The number of hydrogen-bond acceptors (Lipinski definition) is 3. The van der Waals surface area contributed by atoms with Crippen molar-refractivity contribution in [3.05, 3.63) is 57.2 Å². The average molecular weight is 321 g/mol. The summed E-state index contributed by atoms with van der Waals surface area (Å²) < 4.78 is 0. The molecule has 0 radical (unpaired) electrons. The molecule has 1 aromatic heterocycles. The highest BCUT2D eigenvalue weighted by molar-refractivity contribution is 7.09. The molecule has 112 valence electrons. The fourth-order valence-electron chi connectivity index (χ4n) is 2.93. The molecule has 0 amide bonds. The predicted octanol–water partition coefficient (Wildman–Crippen LogP) is 4.45. The van der Waals surface area contributed by atoms with Crippen LogP contribution in [0.5, 0.6) is 0 Å². The zero-order valence-electron chi connectivity index (χ0n) is 12.2. The van der Waals surface area contributed by atoms with Gasteiger partial charge in [-0.25, -0.2) is 0 Å². The van der Waals surface area contributed by atoms with Gasteiger partial charge in [0.15, 0.2) is 0 Å². The van der Waals surface area contributed by atoms with Gasteiger partial charge in [0.05, 0.1) is 6.04 Å². The highest BCUT2D eigenvalue weighted by Crippen LogP contribution is 2.38. The first-order valence-electron chi connectivity index (χ1n) is 7.44. The fraction of sp³-hybridized carbons (Fsp3) is 0.412. The minimum absolute atomic E-state index is 0.0732. The zero-order chi connectivity index (χ0) is 14.8. The third-order valence-corrected chi connectivity index (χ3v) is 5.08. The first kappa shape index (κ1) is 15.0. The van der Waals surface area contributed by atoms with E-state index in [0.29, 0.717) is 6.04 Å².